The monoisotopic (exact) mass is 427 g/mol. The van der Waals surface area contributed by atoms with E-state index < -0.39 is 5.60 Å². The first-order valence-electron chi connectivity index (χ1n) is 10.7. The van der Waals surface area contributed by atoms with E-state index in [1.165, 1.54) is 32.7 Å². The number of halogens is 1. The molecule has 0 radical (unpaired) electrons. The van der Waals surface area contributed by atoms with Gasteiger partial charge in [-0.1, -0.05) is 37.3 Å². The maximum Gasteiger partial charge on any atom is 0.123 e. The first-order valence-corrected chi connectivity index (χ1v) is 11.5. The molecule has 160 valence electrons. The van der Waals surface area contributed by atoms with Crippen molar-refractivity contribution in [3.63, 3.8) is 0 Å². The van der Waals surface area contributed by atoms with Gasteiger partial charge in [-0.25, -0.2) is 4.39 Å². The highest BCUT2D eigenvalue weighted by atomic mass is 32.1. The predicted molar refractivity (Wildman–Crippen MR) is 121 cm³/mol. The molecule has 1 aromatic heterocycles. The van der Waals surface area contributed by atoms with Crippen molar-refractivity contribution >= 4 is 21.4 Å². The highest BCUT2D eigenvalue weighted by molar-refractivity contribution is 7.19. The molecule has 0 aliphatic carbocycles. The summed E-state index contributed by atoms with van der Waals surface area (Å²) in [6.45, 7) is 3.36. The van der Waals surface area contributed by atoms with Crippen molar-refractivity contribution in [2.24, 2.45) is 5.92 Å². The van der Waals surface area contributed by atoms with Crippen LogP contribution in [0.25, 0.3) is 10.1 Å². The zero-order chi connectivity index (χ0) is 21.3. The van der Waals surface area contributed by atoms with E-state index in [9.17, 15) is 9.50 Å². The molecular weight excluding hydrogens is 397 g/mol. The molecule has 30 heavy (non-hydrogen) atoms. The fraction of sp³-hybridized carbons (Fsp3) is 0.440. The number of fused-ring (bicyclic) bond motifs is 3. The van der Waals surface area contributed by atoms with Crippen LogP contribution >= 0.6 is 11.3 Å². The van der Waals surface area contributed by atoms with E-state index in [2.05, 4.69) is 29.2 Å². The van der Waals surface area contributed by atoms with Crippen molar-refractivity contribution in [3.8, 4) is 0 Å². The molecule has 3 nitrogen and oxygen atoms in total. The fourth-order valence-electron chi connectivity index (χ4n) is 4.80. The predicted octanol–water partition coefficient (Wildman–Crippen LogP) is 5.52. The molecule has 0 saturated heterocycles. The lowest BCUT2D eigenvalue weighted by Crippen LogP contribution is -2.41. The van der Waals surface area contributed by atoms with Crippen LogP contribution in [0.4, 0.5) is 4.39 Å². The van der Waals surface area contributed by atoms with Crippen LogP contribution in [-0.4, -0.2) is 37.3 Å². The zero-order valence-corrected chi connectivity index (χ0v) is 18.7. The summed E-state index contributed by atoms with van der Waals surface area (Å²) < 4.78 is 21.5. The van der Waals surface area contributed by atoms with Gasteiger partial charge < -0.3 is 14.7 Å². The van der Waals surface area contributed by atoms with Gasteiger partial charge in [0.15, 0.2) is 0 Å². The third kappa shape index (κ3) is 4.04. The minimum Gasteiger partial charge on any atom is -0.385 e. The summed E-state index contributed by atoms with van der Waals surface area (Å²) in [5.41, 5.74) is 0.912. The topological polar surface area (TPSA) is 32.7 Å². The van der Waals surface area contributed by atoms with Gasteiger partial charge in [-0.05, 0) is 68.1 Å². The summed E-state index contributed by atoms with van der Waals surface area (Å²) in [6.07, 6.45) is 2.08. The van der Waals surface area contributed by atoms with E-state index in [-0.39, 0.29) is 17.8 Å². The minimum atomic E-state index is -1.12. The van der Waals surface area contributed by atoms with Crippen LogP contribution < -0.4 is 0 Å². The molecule has 1 N–H and O–H groups in total. The van der Waals surface area contributed by atoms with Crippen LogP contribution in [0, 0.1) is 11.7 Å². The van der Waals surface area contributed by atoms with Crippen LogP contribution in [0.3, 0.4) is 0 Å². The normalized spacial score (nSPS) is 19.6. The van der Waals surface area contributed by atoms with Crippen molar-refractivity contribution in [2.75, 3.05) is 27.2 Å². The lowest BCUT2D eigenvalue weighted by molar-refractivity contribution is -0.0675. The number of hydrogen-bond donors (Lipinski definition) is 1. The third-order valence-corrected chi connectivity index (χ3v) is 7.62. The van der Waals surface area contributed by atoms with Crippen molar-refractivity contribution in [2.45, 2.75) is 37.9 Å². The molecule has 4 rings (SSSR count). The van der Waals surface area contributed by atoms with Gasteiger partial charge in [-0.3, -0.25) is 0 Å². The quantitative estimate of drug-likeness (QED) is 0.539. The molecule has 0 spiro atoms. The second-order valence-corrected chi connectivity index (χ2v) is 9.62. The number of nitrogens with zero attached hydrogens (tertiary/aromatic N) is 1. The molecule has 1 aliphatic heterocycles. The van der Waals surface area contributed by atoms with Gasteiger partial charge in [-0.2, -0.15) is 0 Å². The van der Waals surface area contributed by atoms with Gasteiger partial charge in [0.2, 0.25) is 0 Å². The molecule has 5 heteroatoms. The number of hydrogen-bond acceptors (Lipinski definition) is 4. The van der Waals surface area contributed by atoms with Crippen LogP contribution in [0.5, 0.6) is 0 Å². The Kier molecular flexibility index (Phi) is 6.26. The molecular formula is C25H30FNO2S. The molecule has 0 bridgehead atoms. The van der Waals surface area contributed by atoms with Crippen molar-refractivity contribution in [1.82, 2.24) is 4.90 Å². The van der Waals surface area contributed by atoms with Gasteiger partial charge in [0.05, 0.1) is 18.3 Å². The molecule has 0 amide bonds. The summed E-state index contributed by atoms with van der Waals surface area (Å²) in [5, 5.41) is 13.1. The van der Waals surface area contributed by atoms with Gasteiger partial charge in [0.25, 0.3) is 0 Å². The Labute approximate surface area is 182 Å². The van der Waals surface area contributed by atoms with E-state index in [1.807, 2.05) is 27.1 Å². The summed E-state index contributed by atoms with van der Waals surface area (Å²) in [5.74, 6) is -0.413. The number of ether oxygens (including phenoxy) is 1. The highest BCUT2D eigenvalue weighted by Gasteiger charge is 2.40. The van der Waals surface area contributed by atoms with E-state index in [0.717, 1.165) is 6.42 Å². The molecule has 1 aliphatic rings. The average molecular weight is 428 g/mol. The number of benzene rings is 2. The van der Waals surface area contributed by atoms with Gasteiger partial charge in [0.1, 0.15) is 5.82 Å². The lowest BCUT2D eigenvalue weighted by Gasteiger charge is -2.40. The maximum atomic E-state index is 14.0. The van der Waals surface area contributed by atoms with Gasteiger partial charge in [0, 0.05) is 22.0 Å². The zero-order valence-electron chi connectivity index (χ0n) is 17.9. The first kappa shape index (κ1) is 21.4. The van der Waals surface area contributed by atoms with E-state index in [1.54, 1.807) is 17.4 Å². The maximum absolute atomic E-state index is 14.0. The van der Waals surface area contributed by atoms with Crippen LogP contribution in [-0.2, 0) is 16.8 Å². The summed E-state index contributed by atoms with van der Waals surface area (Å²) >= 11 is 1.80. The smallest absolute Gasteiger partial charge is 0.123 e. The van der Waals surface area contributed by atoms with E-state index >= 15 is 0 Å². The lowest BCUT2D eigenvalue weighted by atomic mass is 9.75. The number of thiophene rings is 1. The Balaban J connectivity index is 1.71. The Bertz CT molecular complexity index is 1020. The Morgan fingerprint density at radius 2 is 2.03 bits per heavy atom. The number of aliphatic hydroxyl groups is 1. The highest BCUT2D eigenvalue weighted by Crippen LogP contribution is 2.45. The molecule has 2 heterocycles. The van der Waals surface area contributed by atoms with Crippen LogP contribution in [0.2, 0.25) is 0 Å². The van der Waals surface area contributed by atoms with E-state index in [4.69, 9.17) is 4.74 Å². The summed E-state index contributed by atoms with van der Waals surface area (Å²) in [6, 6.07) is 14.9. The number of rotatable bonds is 7. The molecule has 3 atom stereocenters. The first-order chi connectivity index (χ1) is 14.4. The summed E-state index contributed by atoms with van der Waals surface area (Å²) in [4.78, 5) is 3.38. The van der Waals surface area contributed by atoms with Crippen LogP contribution in [0.1, 0.15) is 41.9 Å². The largest absolute Gasteiger partial charge is 0.385 e. The van der Waals surface area contributed by atoms with Crippen LogP contribution in [0.15, 0.2) is 48.5 Å². The molecule has 3 aromatic rings. The Hall–Kier alpha value is -1.79. The van der Waals surface area contributed by atoms with Crippen molar-refractivity contribution < 1.29 is 14.2 Å². The average Bonchev–Trinajstić information content (AvgIpc) is 3.12. The van der Waals surface area contributed by atoms with Gasteiger partial charge in [-0.15, -0.1) is 11.3 Å². The van der Waals surface area contributed by atoms with Crippen molar-refractivity contribution in [1.29, 1.82) is 0 Å². The second-order valence-electron chi connectivity index (χ2n) is 8.53. The SMILES string of the molecule is CCC(O)(c1cccc(F)c1)C(CC1OCCc2c1sc1ccccc21)CN(C)C. The fourth-order valence-corrected chi connectivity index (χ4v) is 6.11. The Morgan fingerprint density at radius 3 is 2.77 bits per heavy atom. The molecule has 0 saturated carbocycles. The molecule has 0 fully saturated rings. The molecule has 2 aromatic carbocycles. The minimum absolute atomic E-state index is 0.0530. The van der Waals surface area contributed by atoms with E-state index in [0.29, 0.717) is 31.6 Å². The van der Waals surface area contributed by atoms with Crippen molar-refractivity contribution in [3.05, 3.63) is 70.4 Å². The summed E-state index contributed by atoms with van der Waals surface area (Å²) in [7, 11) is 4.03. The molecule has 3 unspecified atom stereocenters. The van der Waals surface area contributed by atoms with Gasteiger partial charge >= 0.3 is 0 Å². The second kappa shape index (κ2) is 8.75. The Morgan fingerprint density at radius 1 is 1.23 bits per heavy atom. The third-order valence-electron chi connectivity index (χ3n) is 6.32. The standard InChI is InChI=1S/C25H30FNO2S/c1-4-25(28,17-8-7-9-19(26)14-17)18(16-27(2)3)15-22-24-21(12-13-29-22)20-10-5-6-11-23(20)30-24/h5-11,14,18,22,28H,4,12-13,15-16H2,1-3H3.